The van der Waals surface area contributed by atoms with Crippen LogP contribution in [0, 0.1) is 0 Å². The van der Waals surface area contributed by atoms with Gasteiger partial charge < -0.3 is 10.1 Å². The van der Waals surface area contributed by atoms with Crippen LogP contribution in [0.3, 0.4) is 0 Å². The van der Waals surface area contributed by atoms with Crippen molar-refractivity contribution in [3.63, 3.8) is 0 Å². The lowest BCUT2D eigenvalue weighted by Crippen LogP contribution is -2.48. The van der Waals surface area contributed by atoms with Crippen LogP contribution in [0.5, 0.6) is 5.75 Å². The van der Waals surface area contributed by atoms with E-state index in [0.717, 1.165) is 16.4 Å². The van der Waals surface area contributed by atoms with Gasteiger partial charge in [-0.05, 0) is 48.5 Å². The maximum absolute atomic E-state index is 13.3. The number of anilines is 2. The Bertz CT molecular complexity index is 1300. The summed E-state index contributed by atoms with van der Waals surface area (Å²) in [7, 11) is -4.13. The fourth-order valence-corrected chi connectivity index (χ4v) is 4.95. The molecule has 0 bridgehead atoms. The van der Waals surface area contributed by atoms with Crippen molar-refractivity contribution >= 4 is 38.9 Å². The van der Waals surface area contributed by atoms with Gasteiger partial charge in [-0.2, -0.15) is 13.2 Å². The number of hydrogen-bond donors (Lipinski definition) is 1. The second-order valence-corrected chi connectivity index (χ2v) is 9.40. The van der Waals surface area contributed by atoms with Gasteiger partial charge in [0.2, 0.25) is 0 Å². The number of carbonyl (C=O) groups excluding carboxylic acids is 1. The minimum absolute atomic E-state index is 0.0646. The molecule has 0 saturated heterocycles. The summed E-state index contributed by atoms with van der Waals surface area (Å²) in [6, 6.07) is 16.2. The lowest BCUT2D eigenvalue weighted by Gasteiger charge is -2.34. The van der Waals surface area contributed by atoms with Crippen LogP contribution in [0.1, 0.15) is 5.56 Å². The first-order valence-corrected chi connectivity index (χ1v) is 11.4. The quantitative estimate of drug-likeness (QED) is 0.554. The zero-order chi connectivity index (χ0) is 23.8. The number of hydrogen-bond acceptors (Lipinski definition) is 4. The Kier molecular flexibility index (Phi) is 5.98. The summed E-state index contributed by atoms with van der Waals surface area (Å²) in [5.41, 5.74) is -1.28. The minimum atomic E-state index is -4.69. The van der Waals surface area contributed by atoms with E-state index >= 15 is 0 Å². The number of nitrogens with one attached hydrogen (secondary N) is 1. The molecule has 1 N–H and O–H groups in total. The molecule has 3 aromatic carbocycles. The van der Waals surface area contributed by atoms with Crippen molar-refractivity contribution < 1.29 is 31.1 Å². The van der Waals surface area contributed by atoms with Crippen molar-refractivity contribution in [1.82, 2.24) is 0 Å². The highest BCUT2D eigenvalue weighted by Gasteiger charge is 2.39. The smallest absolute Gasteiger partial charge is 0.418 e. The van der Waals surface area contributed by atoms with Crippen molar-refractivity contribution in [3.8, 4) is 5.75 Å². The first-order chi connectivity index (χ1) is 15.6. The third-order valence-electron chi connectivity index (χ3n) is 4.92. The molecular formula is C22H16ClF3N2O4S. The molecule has 0 aromatic heterocycles. The number of halogens is 4. The van der Waals surface area contributed by atoms with Crippen LogP contribution in [0.4, 0.5) is 24.5 Å². The molecule has 0 radical (unpaired) electrons. The number of benzene rings is 3. The molecule has 0 aliphatic carbocycles. The van der Waals surface area contributed by atoms with E-state index in [0.29, 0.717) is 5.02 Å². The number of amides is 1. The van der Waals surface area contributed by atoms with Gasteiger partial charge in [-0.25, -0.2) is 8.42 Å². The molecule has 0 spiro atoms. The van der Waals surface area contributed by atoms with Crippen LogP contribution in [-0.2, 0) is 21.0 Å². The third-order valence-corrected chi connectivity index (χ3v) is 6.97. The molecule has 0 fully saturated rings. The monoisotopic (exact) mass is 496 g/mol. The van der Waals surface area contributed by atoms with Crippen LogP contribution in [0.2, 0.25) is 5.02 Å². The zero-order valence-corrected chi connectivity index (χ0v) is 18.3. The maximum atomic E-state index is 13.3. The van der Waals surface area contributed by atoms with Crippen molar-refractivity contribution in [1.29, 1.82) is 0 Å². The molecule has 0 saturated carbocycles. The van der Waals surface area contributed by atoms with Crippen molar-refractivity contribution in [2.45, 2.75) is 17.2 Å². The molecule has 1 aliphatic heterocycles. The number of rotatable bonds is 4. The number of fused-ring (bicyclic) bond motifs is 1. The van der Waals surface area contributed by atoms with Crippen molar-refractivity contribution in [2.75, 3.05) is 16.2 Å². The molecule has 11 heteroatoms. The van der Waals surface area contributed by atoms with Crippen LogP contribution in [0.15, 0.2) is 77.7 Å². The Morgan fingerprint density at radius 1 is 1.00 bits per heavy atom. The van der Waals surface area contributed by atoms with E-state index in [1.807, 2.05) is 0 Å². The average molecular weight is 497 g/mol. The number of para-hydroxylation sites is 3. The average Bonchev–Trinajstić information content (AvgIpc) is 2.78. The summed E-state index contributed by atoms with van der Waals surface area (Å²) in [5.74, 6) is -0.817. The van der Waals surface area contributed by atoms with Crippen molar-refractivity contribution in [3.05, 3.63) is 83.4 Å². The lowest BCUT2D eigenvalue weighted by atomic mass is 10.1. The second-order valence-electron chi connectivity index (χ2n) is 7.10. The molecule has 1 atom stereocenters. The molecule has 1 unspecified atom stereocenters. The predicted octanol–water partition coefficient (Wildman–Crippen LogP) is 4.95. The summed E-state index contributed by atoms with van der Waals surface area (Å²) < 4.78 is 73.2. The fourth-order valence-electron chi connectivity index (χ4n) is 3.35. The van der Waals surface area contributed by atoms with E-state index in [4.69, 9.17) is 16.3 Å². The van der Waals surface area contributed by atoms with Crippen LogP contribution < -0.4 is 14.4 Å². The van der Waals surface area contributed by atoms with Gasteiger partial charge in [0.25, 0.3) is 15.9 Å². The molecule has 6 nitrogen and oxygen atoms in total. The van der Waals surface area contributed by atoms with E-state index < -0.39 is 46.0 Å². The third kappa shape index (κ3) is 4.62. The second kappa shape index (κ2) is 8.60. The number of alkyl halides is 3. The van der Waals surface area contributed by atoms with Crippen molar-refractivity contribution in [2.24, 2.45) is 0 Å². The number of carbonyl (C=O) groups is 1. The normalized spacial score (nSPS) is 16.0. The Morgan fingerprint density at radius 3 is 2.33 bits per heavy atom. The zero-order valence-electron chi connectivity index (χ0n) is 16.7. The molecule has 4 rings (SSSR count). The standard InChI is InChI=1S/C22H16ClF3N2O4S/c23-14-9-11-15(12-10-14)33(30,31)28-13-20(32-19-8-4-3-7-18(19)28)21(29)27-17-6-2-1-5-16(17)22(24,25)26/h1-12,20H,13H2,(H,27,29). The first kappa shape index (κ1) is 22.9. The Balaban J connectivity index is 1.67. The van der Waals surface area contributed by atoms with E-state index in [1.54, 1.807) is 12.1 Å². The van der Waals surface area contributed by atoms with Gasteiger partial charge in [-0.3, -0.25) is 9.10 Å². The highest BCUT2D eigenvalue weighted by atomic mass is 35.5. The highest BCUT2D eigenvalue weighted by Crippen LogP contribution is 2.38. The van der Waals surface area contributed by atoms with Gasteiger partial charge in [0.15, 0.2) is 6.10 Å². The summed E-state index contributed by atoms with van der Waals surface area (Å²) in [4.78, 5) is 12.8. The topological polar surface area (TPSA) is 75.7 Å². The van der Waals surface area contributed by atoms with Gasteiger partial charge in [0, 0.05) is 5.02 Å². The van der Waals surface area contributed by atoms with Gasteiger partial charge in [-0.1, -0.05) is 35.9 Å². The largest absolute Gasteiger partial charge is 0.476 e. The SMILES string of the molecule is O=C(Nc1ccccc1C(F)(F)F)C1CN(S(=O)(=O)c2ccc(Cl)cc2)c2ccccc2O1. The van der Waals surface area contributed by atoms with Gasteiger partial charge >= 0.3 is 6.18 Å². The van der Waals surface area contributed by atoms with E-state index in [2.05, 4.69) is 5.32 Å². The summed E-state index contributed by atoms with van der Waals surface area (Å²) in [6.07, 6.45) is -6.09. The molecule has 172 valence electrons. The molecule has 1 amide bonds. The fraction of sp³-hybridized carbons (Fsp3) is 0.136. The van der Waals surface area contributed by atoms with E-state index in [-0.39, 0.29) is 16.3 Å². The highest BCUT2D eigenvalue weighted by molar-refractivity contribution is 7.92. The lowest BCUT2D eigenvalue weighted by molar-refractivity contribution is -0.137. The van der Waals surface area contributed by atoms with Gasteiger partial charge in [0.1, 0.15) is 5.75 Å². The van der Waals surface area contributed by atoms with E-state index in [1.165, 1.54) is 48.5 Å². The van der Waals surface area contributed by atoms with Crippen LogP contribution in [0.25, 0.3) is 0 Å². The summed E-state index contributed by atoms with van der Waals surface area (Å²) in [5, 5.41) is 2.56. The molecule has 33 heavy (non-hydrogen) atoms. The molecular weight excluding hydrogens is 481 g/mol. The minimum Gasteiger partial charge on any atom is -0.476 e. The van der Waals surface area contributed by atoms with E-state index in [9.17, 15) is 26.4 Å². The Hall–Kier alpha value is -3.24. The van der Waals surface area contributed by atoms with Crippen LogP contribution >= 0.6 is 11.6 Å². The Morgan fingerprint density at radius 2 is 1.64 bits per heavy atom. The molecule has 1 aliphatic rings. The first-order valence-electron chi connectivity index (χ1n) is 9.58. The molecule has 3 aromatic rings. The molecule has 1 heterocycles. The number of sulfonamides is 1. The van der Waals surface area contributed by atoms with Gasteiger partial charge in [0.05, 0.1) is 28.4 Å². The maximum Gasteiger partial charge on any atom is 0.418 e. The summed E-state index contributed by atoms with van der Waals surface area (Å²) in [6.45, 7) is -0.442. The Labute approximate surface area is 192 Å². The van der Waals surface area contributed by atoms with Gasteiger partial charge in [-0.15, -0.1) is 0 Å². The number of ether oxygens (including phenoxy) is 1. The van der Waals surface area contributed by atoms with Crippen LogP contribution in [-0.4, -0.2) is 27.0 Å². The predicted molar refractivity (Wildman–Crippen MR) is 117 cm³/mol. The summed E-state index contributed by atoms with van der Waals surface area (Å²) >= 11 is 5.85. The number of nitrogens with zero attached hydrogens (tertiary/aromatic N) is 1.